The number of rotatable bonds is 5. The Morgan fingerprint density at radius 1 is 0.320 bits per heavy atom. The van der Waals surface area contributed by atoms with Crippen LogP contribution in [-0.4, -0.2) is 15.0 Å². The lowest BCUT2D eigenvalue weighted by atomic mass is 9.97. The Labute approximate surface area is 287 Å². The fraction of sp³-hybridized carbons (Fsp3) is 0. The van der Waals surface area contributed by atoms with Crippen molar-refractivity contribution >= 4 is 43.9 Å². The number of furan rings is 2. The number of aromatic nitrogens is 3. The Hall–Kier alpha value is -6.85. The molecule has 0 saturated carbocycles. The van der Waals surface area contributed by atoms with Crippen molar-refractivity contribution in [2.75, 3.05) is 0 Å². The molecule has 5 nitrogen and oxygen atoms in total. The fourth-order valence-corrected chi connectivity index (χ4v) is 6.94. The van der Waals surface area contributed by atoms with E-state index >= 15 is 0 Å². The van der Waals surface area contributed by atoms with E-state index in [9.17, 15) is 0 Å². The van der Waals surface area contributed by atoms with E-state index in [4.69, 9.17) is 23.8 Å². The molecule has 0 unspecified atom stereocenters. The van der Waals surface area contributed by atoms with Crippen LogP contribution in [0.3, 0.4) is 0 Å². The lowest BCUT2D eigenvalue weighted by Gasteiger charge is -2.10. The van der Waals surface area contributed by atoms with Crippen LogP contribution in [0.2, 0.25) is 0 Å². The van der Waals surface area contributed by atoms with Gasteiger partial charge in [-0.15, -0.1) is 0 Å². The molecule has 0 atom stereocenters. The molecule has 7 aromatic carbocycles. The quantitative estimate of drug-likeness (QED) is 0.187. The van der Waals surface area contributed by atoms with E-state index < -0.39 is 0 Å². The van der Waals surface area contributed by atoms with Crippen molar-refractivity contribution in [1.29, 1.82) is 0 Å². The molecule has 0 N–H and O–H groups in total. The molecule has 10 aromatic rings. The van der Waals surface area contributed by atoms with Crippen LogP contribution in [-0.2, 0) is 0 Å². The summed E-state index contributed by atoms with van der Waals surface area (Å²) in [6, 6.07) is 55.8. The van der Waals surface area contributed by atoms with Gasteiger partial charge < -0.3 is 8.83 Å². The monoisotopic (exact) mass is 641 g/mol. The van der Waals surface area contributed by atoms with Crippen LogP contribution in [0.1, 0.15) is 0 Å². The summed E-state index contributed by atoms with van der Waals surface area (Å²) in [4.78, 5) is 15.0. The summed E-state index contributed by atoms with van der Waals surface area (Å²) in [5.41, 5.74) is 10.5. The zero-order valence-corrected chi connectivity index (χ0v) is 26.7. The van der Waals surface area contributed by atoms with Gasteiger partial charge >= 0.3 is 0 Å². The number of fused-ring (bicyclic) bond motifs is 6. The van der Waals surface area contributed by atoms with E-state index in [0.29, 0.717) is 17.5 Å². The van der Waals surface area contributed by atoms with Gasteiger partial charge in [0.25, 0.3) is 0 Å². The van der Waals surface area contributed by atoms with Crippen LogP contribution in [0, 0.1) is 0 Å². The van der Waals surface area contributed by atoms with Gasteiger partial charge in [0.15, 0.2) is 17.5 Å². The molecule has 3 heterocycles. The Morgan fingerprint density at radius 3 is 1.68 bits per heavy atom. The van der Waals surface area contributed by atoms with E-state index in [0.717, 1.165) is 77.3 Å². The zero-order valence-electron chi connectivity index (χ0n) is 26.7. The van der Waals surface area contributed by atoms with Gasteiger partial charge in [-0.3, -0.25) is 0 Å². The molecule has 0 fully saturated rings. The second-order valence-electron chi connectivity index (χ2n) is 12.4. The van der Waals surface area contributed by atoms with Gasteiger partial charge in [0, 0.05) is 32.7 Å². The Bertz CT molecular complexity index is 2850. The first kappa shape index (κ1) is 28.2. The van der Waals surface area contributed by atoms with Crippen molar-refractivity contribution < 1.29 is 8.83 Å². The highest BCUT2D eigenvalue weighted by Gasteiger charge is 2.18. The van der Waals surface area contributed by atoms with E-state index in [1.54, 1.807) is 0 Å². The summed E-state index contributed by atoms with van der Waals surface area (Å²) < 4.78 is 12.7. The van der Waals surface area contributed by atoms with Crippen molar-refractivity contribution in [2.24, 2.45) is 0 Å². The van der Waals surface area contributed by atoms with Gasteiger partial charge in [-0.2, -0.15) is 0 Å². The summed E-state index contributed by atoms with van der Waals surface area (Å²) in [6.07, 6.45) is 0. The van der Waals surface area contributed by atoms with Crippen molar-refractivity contribution in [3.8, 4) is 56.4 Å². The molecular weight excluding hydrogens is 615 g/mol. The van der Waals surface area contributed by atoms with Gasteiger partial charge in [-0.1, -0.05) is 133 Å². The SMILES string of the molecule is c1ccc(-c2ccc3oc4cccc(-c5ccc(-c6nc(-c7ccccc7)nc(-c7cccc8c7oc7ccccc78)n6)cc5)c4c3c2)cc1. The maximum absolute atomic E-state index is 6.38. The van der Waals surface area contributed by atoms with Crippen molar-refractivity contribution in [3.05, 3.63) is 164 Å². The summed E-state index contributed by atoms with van der Waals surface area (Å²) in [5, 5.41) is 4.29. The first-order valence-corrected chi connectivity index (χ1v) is 16.6. The number of benzene rings is 7. The second kappa shape index (κ2) is 11.4. The smallest absolute Gasteiger partial charge is 0.167 e. The lowest BCUT2D eigenvalue weighted by molar-refractivity contribution is 0.669. The third kappa shape index (κ3) is 4.67. The van der Waals surface area contributed by atoms with Gasteiger partial charge in [-0.25, -0.2) is 15.0 Å². The van der Waals surface area contributed by atoms with Gasteiger partial charge in [0.1, 0.15) is 22.3 Å². The predicted octanol–water partition coefficient (Wildman–Crippen LogP) is 12.0. The van der Waals surface area contributed by atoms with Crippen molar-refractivity contribution in [3.63, 3.8) is 0 Å². The molecule has 234 valence electrons. The van der Waals surface area contributed by atoms with Crippen LogP contribution in [0.4, 0.5) is 0 Å². The van der Waals surface area contributed by atoms with E-state index in [1.807, 2.05) is 72.8 Å². The molecule has 50 heavy (non-hydrogen) atoms. The highest BCUT2D eigenvalue weighted by molar-refractivity contribution is 6.13. The standard InChI is InChI=1S/C45H27N3O2/c1-3-11-28(12-4-1)32-25-26-39-37(27-32)41-33(16-10-20-40(41)49-39)29-21-23-31(24-22-29)44-46-43(30-13-5-2-6-14-30)47-45(48-44)36-18-9-17-35-34-15-7-8-19-38(34)50-42(35)36/h1-27H. The molecular formula is C45H27N3O2. The molecule has 0 amide bonds. The molecule has 0 saturated heterocycles. The van der Waals surface area contributed by atoms with Crippen LogP contribution in [0.5, 0.6) is 0 Å². The predicted molar refractivity (Wildman–Crippen MR) is 202 cm³/mol. The highest BCUT2D eigenvalue weighted by atomic mass is 16.3. The largest absolute Gasteiger partial charge is 0.456 e. The van der Waals surface area contributed by atoms with Crippen molar-refractivity contribution in [1.82, 2.24) is 15.0 Å². The molecule has 0 aliphatic carbocycles. The average Bonchev–Trinajstić information content (AvgIpc) is 3.77. The molecule has 0 bridgehead atoms. The normalized spacial score (nSPS) is 11.6. The molecule has 0 aliphatic heterocycles. The summed E-state index contributed by atoms with van der Waals surface area (Å²) in [7, 11) is 0. The third-order valence-electron chi connectivity index (χ3n) is 9.37. The first-order chi connectivity index (χ1) is 24.8. The zero-order chi connectivity index (χ0) is 33.0. The minimum Gasteiger partial charge on any atom is -0.456 e. The summed E-state index contributed by atoms with van der Waals surface area (Å²) in [6.45, 7) is 0. The molecule has 3 aromatic heterocycles. The molecule has 0 spiro atoms. The molecule has 0 radical (unpaired) electrons. The summed E-state index contributed by atoms with van der Waals surface area (Å²) >= 11 is 0. The van der Waals surface area contributed by atoms with E-state index in [1.165, 1.54) is 5.56 Å². The molecule has 10 rings (SSSR count). The highest BCUT2D eigenvalue weighted by Crippen LogP contribution is 2.40. The van der Waals surface area contributed by atoms with Gasteiger partial charge in [-0.05, 0) is 52.6 Å². The van der Waals surface area contributed by atoms with Crippen molar-refractivity contribution in [2.45, 2.75) is 0 Å². The second-order valence-corrected chi connectivity index (χ2v) is 12.4. The number of para-hydroxylation sites is 2. The van der Waals surface area contributed by atoms with Crippen LogP contribution >= 0.6 is 0 Å². The topological polar surface area (TPSA) is 65.0 Å². The minimum atomic E-state index is 0.562. The summed E-state index contributed by atoms with van der Waals surface area (Å²) in [5.74, 6) is 1.76. The van der Waals surface area contributed by atoms with E-state index in [-0.39, 0.29) is 0 Å². The molecule has 0 aliphatic rings. The van der Waals surface area contributed by atoms with Crippen LogP contribution in [0.25, 0.3) is 100 Å². The van der Waals surface area contributed by atoms with Gasteiger partial charge in [0.2, 0.25) is 0 Å². The molecule has 5 heteroatoms. The Balaban J connectivity index is 1.10. The Kier molecular flexibility index (Phi) is 6.42. The van der Waals surface area contributed by atoms with Crippen LogP contribution < -0.4 is 0 Å². The number of nitrogens with zero attached hydrogens (tertiary/aromatic N) is 3. The minimum absolute atomic E-state index is 0.562. The maximum Gasteiger partial charge on any atom is 0.167 e. The average molecular weight is 642 g/mol. The number of hydrogen-bond acceptors (Lipinski definition) is 5. The fourth-order valence-electron chi connectivity index (χ4n) is 6.94. The van der Waals surface area contributed by atoms with Crippen LogP contribution in [0.15, 0.2) is 173 Å². The third-order valence-corrected chi connectivity index (χ3v) is 9.37. The van der Waals surface area contributed by atoms with Gasteiger partial charge in [0.05, 0.1) is 5.56 Å². The maximum atomic E-state index is 6.38. The first-order valence-electron chi connectivity index (χ1n) is 16.6. The lowest BCUT2D eigenvalue weighted by Crippen LogP contribution is -2.00. The number of hydrogen-bond donors (Lipinski definition) is 0. The Morgan fingerprint density at radius 2 is 0.880 bits per heavy atom. The van der Waals surface area contributed by atoms with E-state index in [2.05, 4.69) is 91.0 Å².